The van der Waals surface area contributed by atoms with Crippen molar-refractivity contribution in [1.29, 1.82) is 0 Å². The van der Waals surface area contributed by atoms with E-state index in [9.17, 15) is 0 Å². The number of para-hydroxylation sites is 1. The lowest BCUT2D eigenvalue weighted by atomic mass is 9.33. The van der Waals surface area contributed by atoms with Crippen LogP contribution in [0.25, 0.3) is 74.7 Å². The van der Waals surface area contributed by atoms with E-state index < -0.39 is 0 Å². The molecule has 0 radical (unpaired) electrons. The Labute approximate surface area is 350 Å². The Morgan fingerprint density at radius 1 is 0.283 bits per heavy atom. The molecule has 3 heterocycles. The Morgan fingerprint density at radius 2 is 0.650 bits per heavy atom. The molecular formula is C56H33BN2S. The lowest BCUT2D eigenvalue weighted by Gasteiger charge is -2.43. The van der Waals surface area contributed by atoms with Crippen molar-refractivity contribution in [2.75, 3.05) is 9.80 Å². The van der Waals surface area contributed by atoms with E-state index >= 15 is 0 Å². The third-order valence-electron chi connectivity index (χ3n) is 13.4. The third-order valence-corrected chi connectivity index (χ3v) is 14.6. The van der Waals surface area contributed by atoms with Crippen molar-refractivity contribution in [2.45, 2.75) is 0 Å². The molecule has 11 aromatic carbocycles. The van der Waals surface area contributed by atoms with Gasteiger partial charge in [-0.25, -0.2) is 0 Å². The lowest BCUT2D eigenvalue weighted by molar-refractivity contribution is 1.28. The minimum absolute atomic E-state index is 0.0474. The average molecular weight is 777 g/mol. The summed E-state index contributed by atoms with van der Waals surface area (Å²) in [5.74, 6) is 0. The minimum atomic E-state index is 0.0474. The molecule has 0 spiro atoms. The predicted molar refractivity (Wildman–Crippen MR) is 261 cm³/mol. The normalized spacial score (nSPS) is 13.2. The maximum atomic E-state index is 2.62. The molecule has 0 bridgehead atoms. The molecule has 2 aliphatic rings. The predicted octanol–water partition coefficient (Wildman–Crippen LogP) is 13.9. The van der Waals surface area contributed by atoms with Gasteiger partial charge in [0.2, 0.25) is 0 Å². The quantitative estimate of drug-likeness (QED) is 0.127. The first-order valence-electron chi connectivity index (χ1n) is 20.8. The van der Waals surface area contributed by atoms with Crippen LogP contribution in [0.1, 0.15) is 0 Å². The van der Waals surface area contributed by atoms with Crippen LogP contribution < -0.4 is 26.2 Å². The smallest absolute Gasteiger partial charge is 0.254 e. The van der Waals surface area contributed by atoms with E-state index in [1.807, 2.05) is 11.3 Å². The molecule has 0 unspecified atom stereocenters. The number of rotatable bonds is 2. The van der Waals surface area contributed by atoms with Gasteiger partial charge in [-0.05, 0) is 112 Å². The molecule has 1 aromatic heterocycles. The van der Waals surface area contributed by atoms with Crippen LogP contribution in [0.15, 0.2) is 200 Å². The first-order chi connectivity index (χ1) is 29.8. The molecular weight excluding hydrogens is 744 g/mol. The van der Waals surface area contributed by atoms with Gasteiger partial charge >= 0.3 is 0 Å². The Morgan fingerprint density at radius 3 is 1.22 bits per heavy atom. The fraction of sp³-hybridized carbons (Fsp3) is 0. The van der Waals surface area contributed by atoms with Crippen LogP contribution in [0.2, 0.25) is 0 Å². The van der Waals surface area contributed by atoms with E-state index in [1.165, 1.54) is 125 Å². The molecule has 0 saturated carbocycles. The second-order valence-corrected chi connectivity index (χ2v) is 17.3. The molecule has 2 aliphatic heterocycles. The molecule has 0 fully saturated rings. The fourth-order valence-corrected chi connectivity index (χ4v) is 12.4. The van der Waals surface area contributed by atoms with Crippen molar-refractivity contribution in [1.82, 2.24) is 0 Å². The molecule has 60 heavy (non-hydrogen) atoms. The molecule has 0 N–H and O–H groups in total. The maximum absolute atomic E-state index is 2.62. The van der Waals surface area contributed by atoms with Gasteiger partial charge in [0, 0.05) is 32.5 Å². The van der Waals surface area contributed by atoms with Crippen molar-refractivity contribution >= 4 is 143 Å². The number of nitrogens with zero attached hydrogens (tertiary/aromatic N) is 2. The van der Waals surface area contributed by atoms with E-state index in [2.05, 4.69) is 210 Å². The number of hydrogen-bond acceptors (Lipinski definition) is 3. The van der Waals surface area contributed by atoms with Gasteiger partial charge in [0.15, 0.2) is 0 Å². The zero-order chi connectivity index (χ0) is 39.1. The molecule has 0 atom stereocenters. The van der Waals surface area contributed by atoms with Crippen LogP contribution in [0.5, 0.6) is 0 Å². The van der Waals surface area contributed by atoms with E-state index in [0.717, 1.165) is 0 Å². The molecule has 0 saturated heterocycles. The minimum Gasteiger partial charge on any atom is -0.311 e. The highest BCUT2D eigenvalue weighted by Gasteiger charge is 2.45. The molecule has 276 valence electrons. The Balaban J connectivity index is 1.13. The second kappa shape index (κ2) is 12.1. The zero-order valence-electron chi connectivity index (χ0n) is 32.4. The molecule has 4 heteroatoms. The van der Waals surface area contributed by atoms with E-state index in [4.69, 9.17) is 0 Å². The highest BCUT2D eigenvalue weighted by molar-refractivity contribution is 7.26. The van der Waals surface area contributed by atoms with Gasteiger partial charge in [0.1, 0.15) is 0 Å². The number of anilines is 6. The second-order valence-electron chi connectivity index (χ2n) is 16.3. The zero-order valence-corrected chi connectivity index (χ0v) is 33.2. The Hall–Kier alpha value is -7.40. The van der Waals surface area contributed by atoms with Gasteiger partial charge in [-0.15, -0.1) is 11.3 Å². The molecule has 0 amide bonds. The van der Waals surface area contributed by atoms with Crippen molar-refractivity contribution in [2.24, 2.45) is 0 Å². The third kappa shape index (κ3) is 4.18. The summed E-state index contributed by atoms with van der Waals surface area (Å²) < 4.78 is 1.31. The van der Waals surface area contributed by atoms with E-state index in [1.54, 1.807) is 0 Å². The summed E-state index contributed by atoms with van der Waals surface area (Å²) in [6.45, 7) is 0.0474. The van der Waals surface area contributed by atoms with Gasteiger partial charge < -0.3 is 9.80 Å². The van der Waals surface area contributed by atoms with Crippen LogP contribution in [0.3, 0.4) is 0 Å². The van der Waals surface area contributed by atoms with Gasteiger partial charge in [0.25, 0.3) is 6.71 Å². The first kappa shape index (κ1) is 32.5. The molecule has 14 rings (SSSR count). The summed E-state index contributed by atoms with van der Waals surface area (Å²) in [7, 11) is 0. The van der Waals surface area contributed by atoms with Crippen LogP contribution in [0, 0.1) is 0 Å². The Kier molecular flexibility index (Phi) is 6.55. The highest BCUT2D eigenvalue weighted by Crippen LogP contribution is 2.52. The number of hydrogen-bond donors (Lipinski definition) is 0. The van der Waals surface area contributed by atoms with Crippen LogP contribution >= 0.6 is 11.3 Å². The lowest BCUT2D eigenvalue weighted by Crippen LogP contribution is -2.61. The van der Waals surface area contributed by atoms with Crippen LogP contribution in [-0.4, -0.2) is 6.71 Å². The molecule has 0 aliphatic carbocycles. The topological polar surface area (TPSA) is 6.48 Å². The first-order valence-corrected chi connectivity index (χ1v) is 21.6. The average Bonchev–Trinajstić information content (AvgIpc) is 3.70. The molecule has 12 aromatic rings. The van der Waals surface area contributed by atoms with Gasteiger partial charge in [0.05, 0.1) is 16.4 Å². The summed E-state index contributed by atoms with van der Waals surface area (Å²) in [5, 5.41) is 18.0. The van der Waals surface area contributed by atoms with Gasteiger partial charge in [-0.1, -0.05) is 164 Å². The number of fused-ring (bicyclic) bond motifs is 18. The fourth-order valence-electron chi connectivity index (χ4n) is 11.1. The summed E-state index contributed by atoms with van der Waals surface area (Å²) in [6.07, 6.45) is 0. The summed E-state index contributed by atoms with van der Waals surface area (Å²) >= 11 is 1.92. The number of thiophene rings is 1. The van der Waals surface area contributed by atoms with Crippen molar-refractivity contribution in [3.8, 4) is 0 Å². The van der Waals surface area contributed by atoms with E-state index in [0.29, 0.717) is 0 Å². The summed E-state index contributed by atoms with van der Waals surface area (Å²) in [5.41, 5.74) is 10.2. The summed E-state index contributed by atoms with van der Waals surface area (Å²) in [4.78, 5) is 5.20. The number of benzene rings is 11. The molecule has 2 nitrogen and oxygen atoms in total. The largest absolute Gasteiger partial charge is 0.311 e. The van der Waals surface area contributed by atoms with E-state index in [-0.39, 0.29) is 6.71 Å². The maximum Gasteiger partial charge on any atom is 0.254 e. The van der Waals surface area contributed by atoms with Crippen molar-refractivity contribution in [3.05, 3.63) is 200 Å². The Bertz CT molecular complexity index is 3740. The summed E-state index contributed by atoms with van der Waals surface area (Å²) in [6, 6.07) is 74.9. The monoisotopic (exact) mass is 776 g/mol. The van der Waals surface area contributed by atoms with Crippen LogP contribution in [-0.2, 0) is 0 Å². The SMILES string of the molecule is c1ccc2c(c1)B1c3c(cccc3N(c3cccc4c5ccccc5c5ccccc5c34)c3sc4ccccc4c31)N2c1cccc2c3ccccc3c3ccccc3c12. The van der Waals surface area contributed by atoms with Crippen molar-refractivity contribution in [3.63, 3.8) is 0 Å². The van der Waals surface area contributed by atoms with Crippen LogP contribution in [0.4, 0.5) is 33.4 Å². The highest BCUT2D eigenvalue weighted by atomic mass is 32.1. The standard InChI is InChI=1S/C56H33BN2S/c1-3-18-38-34(16-1)36-20-5-7-22-40(36)52-42(38)25-13-29-47(52)58-46-28-11-10-27-45(46)57-54-44-24-9-12-33-51(44)60-56(54)59(50-32-15-31-49(58)55(50)57)48-30-14-26-43-39-19-4-2-17-35(39)37-21-6-8-23-41(37)53(43)48/h1-33H. The van der Waals surface area contributed by atoms with Gasteiger partial charge in [-0.3, -0.25) is 0 Å². The van der Waals surface area contributed by atoms with Gasteiger partial charge in [-0.2, -0.15) is 0 Å². The van der Waals surface area contributed by atoms with Crippen molar-refractivity contribution < 1.29 is 0 Å².